The normalized spacial score (nSPS) is 18.2. The van der Waals surface area contributed by atoms with Crippen molar-refractivity contribution in [1.29, 1.82) is 0 Å². The Morgan fingerprint density at radius 2 is 1.96 bits per heavy atom. The quantitative estimate of drug-likeness (QED) is 0.693. The van der Waals surface area contributed by atoms with Gasteiger partial charge in [-0.1, -0.05) is 33.8 Å². The second kappa shape index (κ2) is 10.1. The smallest absolute Gasteiger partial charge is 0.229 e. The topological polar surface area (TPSA) is 70.2 Å². The summed E-state index contributed by atoms with van der Waals surface area (Å²) in [4.78, 5) is 24.7. The maximum Gasteiger partial charge on any atom is 0.229 e. The molecule has 0 spiro atoms. The monoisotopic (exact) mass is 395 g/mol. The van der Waals surface area contributed by atoms with Crippen molar-refractivity contribution in [3.63, 3.8) is 0 Å². The Bertz CT molecular complexity index is 649. The van der Waals surface area contributed by atoms with E-state index in [2.05, 4.69) is 22.9 Å². The Balaban J connectivity index is 0.00000364. The predicted molar refractivity (Wildman–Crippen MR) is 115 cm³/mol. The number of amides is 2. The van der Waals surface area contributed by atoms with Crippen molar-refractivity contribution in [2.24, 2.45) is 17.3 Å². The molecule has 1 heterocycles. The zero-order valence-corrected chi connectivity index (χ0v) is 18.0. The van der Waals surface area contributed by atoms with Crippen molar-refractivity contribution in [3.8, 4) is 0 Å². The van der Waals surface area contributed by atoms with E-state index in [1.807, 2.05) is 45.9 Å². The highest BCUT2D eigenvalue weighted by atomic mass is 35.5. The summed E-state index contributed by atoms with van der Waals surface area (Å²) >= 11 is 0. The third-order valence-electron chi connectivity index (χ3n) is 5.10. The van der Waals surface area contributed by atoms with Gasteiger partial charge in [0.25, 0.3) is 0 Å². The molecule has 0 aliphatic carbocycles. The molecule has 5 nitrogen and oxygen atoms in total. The van der Waals surface area contributed by atoms with Crippen LogP contribution in [-0.2, 0) is 9.59 Å². The molecule has 0 aromatic heterocycles. The maximum absolute atomic E-state index is 12.5. The highest BCUT2D eigenvalue weighted by Gasteiger charge is 2.23. The number of hydrogen-bond donors (Lipinski definition) is 3. The van der Waals surface area contributed by atoms with Gasteiger partial charge in [0.15, 0.2) is 0 Å². The maximum atomic E-state index is 12.5. The molecule has 2 atom stereocenters. The summed E-state index contributed by atoms with van der Waals surface area (Å²) in [6, 6.07) is 5.62. The van der Waals surface area contributed by atoms with Crippen LogP contribution in [0.2, 0.25) is 0 Å². The largest absolute Gasteiger partial charge is 0.326 e. The molecule has 0 radical (unpaired) electrons. The van der Waals surface area contributed by atoms with Gasteiger partial charge in [-0.3, -0.25) is 9.59 Å². The van der Waals surface area contributed by atoms with Crippen molar-refractivity contribution in [2.45, 2.75) is 53.9 Å². The van der Waals surface area contributed by atoms with Crippen LogP contribution in [0.5, 0.6) is 0 Å². The first-order valence-electron chi connectivity index (χ1n) is 9.59. The van der Waals surface area contributed by atoms with Gasteiger partial charge in [-0.05, 0) is 62.4 Å². The number of piperidine rings is 1. The van der Waals surface area contributed by atoms with Crippen molar-refractivity contribution >= 4 is 35.6 Å². The molecular weight excluding hydrogens is 362 g/mol. The van der Waals surface area contributed by atoms with Gasteiger partial charge in [-0.15, -0.1) is 12.4 Å². The standard InChI is InChI=1S/C21H33N3O2.ClH/c1-14-8-9-17(23-20(26)21(3,4)5)12-18(14)24-19(25)11-15(2)16-7-6-10-22-13-16;/h8-9,12,15-16,22H,6-7,10-11,13H2,1-5H3,(H,23,26)(H,24,25);1H. The number of benzene rings is 1. The Morgan fingerprint density at radius 1 is 1.26 bits per heavy atom. The summed E-state index contributed by atoms with van der Waals surface area (Å²) in [6.45, 7) is 11.8. The first-order chi connectivity index (χ1) is 12.2. The van der Waals surface area contributed by atoms with Crippen LogP contribution in [0.1, 0.15) is 52.5 Å². The summed E-state index contributed by atoms with van der Waals surface area (Å²) in [5, 5.41) is 9.35. The zero-order valence-electron chi connectivity index (χ0n) is 17.1. The molecule has 2 unspecified atom stereocenters. The SMILES string of the molecule is Cc1ccc(NC(=O)C(C)(C)C)cc1NC(=O)CC(C)C1CCCNC1.Cl. The number of rotatable bonds is 5. The van der Waals surface area contributed by atoms with Crippen LogP contribution >= 0.6 is 12.4 Å². The molecule has 0 saturated carbocycles. The number of anilines is 2. The summed E-state index contributed by atoms with van der Waals surface area (Å²) < 4.78 is 0. The van der Waals surface area contributed by atoms with Crippen molar-refractivity contribution in [3.05, 3.63) is 23.8 Å². The van der Waals surface area contributed by atoms with Crippen LogP contribution in [0.15, 0.2) is 18.2 Å². The molecule has 1 aliphatic rings. The van der Waals surface area contributed by atoms with Crippen LogP contribution < -0.4 is 16.0 Å². The molecule has 1 saturated heterocycles. The highest BCUT2D eigenvalue weighted by molar-refractivity contribution is 5.96. The summed E-state index contributed by atoms with van der Waals surface area (Å²) in [5.41, 5.74) is 1.99. The minimum Gasteiger partial charge on any atom is -0.326 e. The molecule has 6 heteroatoms. The Morgan fingerprint density at radius 3 is 2.56 bits per heavy atom. The number of halogens is 1. The molecule has 1 aromatic rings. The van der Waals surface area contributed by atoms with E-state index in [4.69, 9.17) is 0 Å². The van der Waals surface area contributed by atoms with E-state index in [0.29, 0.717) is 23.9 Å². The second-order valence-electron chi connectivity index (χ2n) is 8.57. The number of carbonyl (C=O) groups is 2. The molecule has 3 N–H and O–H groups in total. The van der Waals surface area contributed by atoms with E-state index in [-0.39, 0.29) is 24.2 Å². The van der Waals surface area contributed by atoms with E-state index in [9.17, 15) is 9.59 Å². The molecule has 2 rings (SSSR count). The summed E-state index contributed by atoms with van der Waals surface area (Å²) in [6.07, 6.45) is 2.89. The molecule has 1 aromatic carbocycles. The molecule has 27 heavy (non-hydrogen) atoms. The van der Waals surface area contributed by atoms with Crippen LogP contribution in [0.25, 0.3) is 0 Å². The van der Waals surface area contributed by atoms with Crippen molar-refractivity contribution in [1.82, 2.24) is 5.32 Å². The van der Waals surface area contributed by atoms with Gasteiger partial charge in [0, 0.05) is 23.2 Å². The van der Waals surface area contributed by atoms with Gasteiger partial charge in [-0.25, -0.2) is 0 Å². The average molecular weight is 396 g/mol. The number of hydrogen-bond acceptors (Lipinski definition) is 3. The van der Waals surface area contributed by atoms with E-state index in [0.717, 1.165) is 24.3 Å². The van der Waals surface area contributed by atoms with Gasteiger partial charge in [0.2, 0.25) is 11.8 Å². The van der Waals surface area contributed by atoms with E-state index in [1.54, 1.807) is 0 Å². The fourth-order valence-electron chi connectivity index (χ4n) is 3.18. The van der Waals surface area contributed by atoms with Crippen LogP contribution in [0.4, 0.5) is 11.4 Å². The van der Waals surface area contributed by atoms with E-state index < -0.39 is 5.41 Å². The second-order valence-corrected chi connectivity index (χ2v) is 8.57. The molecule has 1 aliphatic heterocycles. The summed E-state index contributed by atoms with van der Waals surface area (Å²) in [7, 11) is 0. The average Bonchev–Trinajstić information content (AvgIpc) is 2.57. The third kappa shape index (κ3) is 7.15. The zero-order chi connectivity index (χ0) is 19.3. The first-order valence-corrected chi connectivity index (χ1v) is 9.59. The lowest BCUT2D eigenvalue weighted by Crippen LogP contribution is -2.34. The van der Waals surface area contributed by atoms with Crippen molar-refractivity contribution in [2.75, 3.05) is 23.7 Å². The van der Waals surface area contributed by atoms with Gasteiger partial charge >= 0.3 is 0 Å². The minimum absolute atomic E-state index is 0. The highest BCUT2D eigenvalue weighted by Crippen LogP contribution is 2.25. The van der Waals surface area contributed by atoms with Crippen LogP contribution in [-0.4, -0.2) is 24.9 Å². The number of nitrogens with one attached hydrogen (secondary N) is 3. The number of carbonyl (C=O) groups excluding carboxylic acids is 2. The fraction of sp³-hybridized carbons (Fsp3) is 0.619. The van der Waals surface area contributed by atoms with Crippen molar-refractivity contribution < 1.29 is 9.59 Å². The van der Waals surface area contributed by atoms with Gasteiger partial charge in [0.05, 0.1) is 0 Å². The van der Waals surface area contributed by atoms with E-state index in [1.165, 1.54) is 12.8 Å². The molecule has 1 fully saturated rings. The van der Waals surface area contributed by atoms with Crippen LogP contribution in [0.3, 0.4) is 0 Å². The molecule has 2 amide bonds. The summed E-state index contributed by atoms with van der Waals surface area (Å²) in [5.74, 6) is 0.905. The van der Waals surface area contributed by atoms with Crippen LogP contribution in [0, 0.1) is 24.2 Å². The Hall–Kier alpha value is -1.59. The predicted octanol–water partition coefficient (Wildman–Crippen LogP) is 4.37. The Labute approximate surface area is 169 Å². The molecular formula is C21H34ClN3O2. The minimum atomic E-state index is -0.461. The number of aryl methyl sites for hydroxylation is 1. The lowest BCUT2D eigenvalue weighted by Gasteiger charge is -2.28. The van der Waals surface area contributed by atoms with E-state index >= 15 is 0 Å². The lowest BCUT2D eigenvalue weighted by molar-refractivity contribution is -0.123. The van der Waals surface area contributed by atoms with Gasteiger partial charge in [0.1, 0.15) is 0 Å². The molecule has 0 bridgehead atoms. The Kier molecular flexibility index (Phi) is 8.76. The fourth-order valence-corrected chi connectivity index (χ4v) is 3.18. The first kappa shape index (κ1) is 23.4. The lowest BCUT2D eigenvalue weighted by atomic mass is 9.85. The van der Waals surface area contributed by atoms with Gasteiger partial charge < -0.3 is 16.0 Å². The third-order valence-corrected chi connectivity index (χ3v) is 5.10. The molecule has 152 valence electrons. The van der Waals surface area contributed by atoms with Gasteiger partial charge in [-0.2, -0.15) is 0 Å².